The molecule has 5 rings (SSSR count). The monoisotopic (exact) mass is 484 g/mol. The van der Waals surface area contributed by atoms with E-state index in [1.54, 1.807) is 34.2 Å². The number of aromatic nitrogens is 6. The Labute approximate surface area is 204 Å². The van der Waals surface area contributed by atoms with Gasteiger partial charge in [-0.1, -0.05) is 36.4 Å². The summed E-state index contributed by atoms with van der Waals surface area (Å²) in [6.07, 6.45) is 6.17. The second-order valence-corrected chi connectivity index (χ2v) is 8.66. The first kappa shape index (κ1) is 22.2. The van der Waals surface area contributed by atoms with Crippen molar-refractivity contribution in [1.29, 1.82) is 0 Å². The number of anilines is 2. The fourth-order valence-corrected chi connectivity index (χ4v) is 4.28. The number of rotatable bonds is 8. The SMILES string of the molecule is O=C(Nc1ccccc1Cn1cncn1)c1ccc(C(=O)Nc2ccccc2Cn2cncn2)s1. The third-order valence-corrected chi connectivity index (χ3v) is 6.27. The predicted molar refractivity (Wildman–Crippen MR) is 131 cm³/mol. The third-order valence-electron chi connectivity index (χ3n) is 5.18. The fraction of sp³-hybridized carbons (Fsp3) is 0.0833. The van der Waals surface area contributed by atoms with Crippen LogP contribution in [0.5, 0.6) is 0 Å². The molecule has 3 heterocycles. The van der Waals surface area contributed by atoms with Gasteiger partial charge in [0.2, 0.25) is 0 Å². The number of amides is 2. The van der Waals surface area contributed by atoms with Gasteiger partial charge >= 0.3 is 0 Å². The molecule has 10 nitrogen and oxygen atoms in total. The predicted octanol–water partition coefficient (Wildman–Crippen LogP) is 3.53. The Kier molecular flexibility index (Phi) is 6.39. The summed E-state index contributed by atoms with van der Waals surface area (Å²) in [4.78, 5) is 34.6. The van der Waals surface area contributed by atoms with E-state index in [4.69, 9.17) is 0 Å². The van der Waals surface area contributed by atoms with Gasteiger partial charge in [0, 0.05) is 11.4 Å². The lowest BCUT2D eigenvalue weighted by atomic mass is 10.1. The van der Waals surface area contributed by atoms with Gasteiger partial charge in [0.15, 0.2) is 0 Å². The highest BCUT2D eigenvalue weighted by atomic mass is 32.1. The molecule has 0 aliphatic heterocycles. The molecule has 0 saturated heterocycles. The molecule has 174 valence electrons. The standard InChI is InChI=1S/C24H20N8O2S/c33-23(29-19-7-3-1-5-17(19)11-31-15-25-13-27-31)21-9-10-22(35-21)24(34)30-20-8-4-2-6-18(20)12-32-16-26-14-28-32/h1-10,13-16H,11-12H2,(H,29,33)(H,30,34). The highest BCUT2D eigenvalue weighted by Crippen LogP contribution is 2.23. The van der Waals surface area contributed by atoms with Crippen LogP contribution in [0.25, 0.3) is 0 Å². The molecule has 0 fully saturated rings. The van der Waals surface area contributed by atoms with Crippen LogP contribution in [-0.2, 0) is 13.1 Å². The topological polar surface area (TPSA) is 120 Å². The molecule has 2 aromatic carbocycles. The van der Waals surface area contributed by atoms with Gasteiger partial charge in [0.05, 0.1) is 22.8 Å². The fourth-order valence-electron chi connectivity index (χ4n) is 3.49. The Balaban J connectivity index is 1.27. The Morgan fingerprint density at radius 2 is 1.14 bits per heavy atom. The zero-order chi connectivity index (χ0) is 24.0. The van der Waals surface area contributed by atoms with Crippen LogP contribution < -0.4 is 10.6 Å². The maximum absolute atomic E-state index is 12.9. The minimum absolute atomic E-state index is 0.285. The lowest BCUT2D eigenvalue weighted by molar-refractivity contribution is 0.102. The number of benzene rings is 2. The van der Waals surface area contributed by atoms with E-state index in [0.29, 0.717) is 34.2 Å². The zero-order valence-electron chi connectivity index (χ0n) is 18.4. The number of carbonyl (C=O) groups excluding carboxylic acids is 2. The van der Waals surface area contributed by atoms with E-state index in [1.807, 2.05) is 48.5 Å². The number of carbonyl (C=O) groups is 2. The van der Waals surface area contributed by atoms with Gasteiger partial charge in [-0.25, -0.2) is 19.3 Å². The molecule has 0 bridgehead atoms. The molecule has 35 heavy (non-hydrogen) atoms. The van der Waals surface area contributed by atoms with Gasteiger partial charge in [-0.3, -0.25) is 9.59 Å². The summed E-state index contributed by atoms with van der Waals surface area (Å²) in [5.74, 6) is -0.571. The second kappa shape index (κ2) is 10.1. The number of hydrogen-bond acceptors (Lipinski definition) is 7. The van der Waals surface area contributed by atoms with E-state index in [2.05, 4.69) is 30.8 Å². The molecule has 2 N–H and O–H groups in total. The summed E-state index contributed by atoms with van der Waals surface area (Å²) in [5, 5.41) is 14.1. The molecule has 0 atom stereocenters. The van der Waals surface area contributed by atoms with Gasteiger partial charge < -0.3 is 10.6 Å². The summed E-state index contributed by atoms with van der Waals surface area (Å²) in [7, 11) is 0. The first-order chi connectivity index (χ1) is 17.2. The van der Waals surface area contributed by atoms with Gasteiger partial charge in [0.25, 0.3) is 11.8 Å². The Bertz CT molecular complexity index is 1340. The van der Waals surface area contributed by atoms with Crippen LogP contribution in [-0.4, -0.2) is 41.3 Å². The van der Waals surface area contributed by atoms with Crippen molar-refractivity contribution < 1.29 is 9.59 Å². The van der Waals surface area contributed by atoms with Crippen LogP contribution in [0.15, 0.2) is 86.0 Å². The summed E-state index contributed by atoms with van der Waals surface area (Å²) in [6.45, 7) is 0.950. The lowest BCUT2D eigenvalue weighted by Crippen LogP contribution is -2.14. The molecule has 5 aromatic rings. The number of hydrogen-bond donors (Lipinski definition) is 2. The van der Waals surface area contributed by atoms with Crippen LogP contribution in [0.2, 0.25) is 0 Å². The Morgan fingerprint density at radius 1 is 0.686 bits per heavy atom. The van der Waals surface area contributed by atoms with Crippen molar-refractivity contribution in [3.8, 4) is 0 Å². The molecular weight excluding hydrogens is 464 g/mol. The van der Waals surface area contributed by atoms with E-state index in [-0.39, 0.29) is 11.8 Å². The highest BCUT2D eigenvalue weighted by Gasteiger charge is 2.16. The van der Waals surface area contributed by atoms with E-state index in [9.17, 15) is 9.59 Å². The van der Waals surface area contributed by atoms with Crippen LogP contribution >= 0.6 is 11.3 Å². The molecule has 0 aliphatic carbocycles. The summed E-state index contributed by atoms with van der Waals surface area (Å²) >= 11 is 1.13. The van der Waals surface area contributed by atoms with E-state index < -0.39 is 0 Å². The molecular formula is C24H20N8O2S. The van der Waals surface area contributed by atoms with Crippen LogP contribution in [0.1, 0.15) is 30.5 Å². The van der Waals surface area contributed by atoms with Gasteiger partial charge in [-0.05, 0) is 35.4 Å². The average molecular weight is 485 g/mol. The largest absolute Gasteiger partial charge is 0.321 e. The zero-order valence-corrected chi connectivity index (χ0v) is 19.2. The van der Waals surface area contributed by atoms with Crippen molar-refractivity contribution in [2.45, 2.75) is 13.1 Å². The molecule has 3 aromatic heterocycles. The van der Waals surface area contributed by atoms with Crippen LogP contribution in [0.4, 0.5) is 11.4 Å². The highest BCUT2D eigenvalue weighted by molar-refractivity contribution is 7.16. The summed E-state index contributed by atoms with van der Waals surface area (Å²) in [5.41, 5.74) is 3.14. The number of nitrogens with zero attached hydrogens (tertiary/aromatic N) is 6. The lowest BCUT2D eigenvalue weighted by Gasteiger charge is -2.11. The smallest absolute Gasteiger partial charge is 0.265 e. The third kappa shape index (κ3) is 5.31. The maximum Gasteiger partial charge on any atom is 0.265 e. The van der Waals surface area contributed by atoms with Crippen LogP contribution in [0.3, 0.4) is 0 Å². The first-order valence-electron chi connectivity index (χ1n) is 10.7. The molecule has 0 unspecified atom stereocenters. The van der Waals surface area contributed by atoms with Crippen LogP contribution in [0, 0.1) is 0 Å². The normalized spacial score (nSPS) is 10.7. The minimum atomic E-state index is -0.285. The summed E-state index contributed by atoms with van der Waals surface area (Å²) in [6, 6.07) is 18.3. The molecule has 0 aliphatic rings. The number of thiophene rings is 1. The number of para-hydroxylation sites is 2. The van der Waals surface area contributed by atoms with Crippen molar-refractivity contribution >= 4 is 34.5 Å². The second-order valence-electron chi connectivity index (χ2n) is 7.57. The molecule has 2 amide bonds. The molecule has 0 saturated carbocycles. The Hall–Kier alpha value is -4.64. The van der Waals surface area contributed by atoms with Crippen molar-refractivity contribution in [2.75, 3.05) is 10.6 Å². The minimum Gasteiger partial charge on any atom is -0.321 e. The van der Waals surface area contributed by atoms with Gasteiger partial charge in [-0.15, -0.1) is 11.3 Å². The van der Waals surface area contributed by atoms with E-state index in [1.165, 1.54) is 12.7 Å². The quantitative estimate of drug-likeness (QED) is 0.348. The van der Waals surface area contributed by atoms with Gasteiger partial charge in [-0.2, -0.15) is 10.2 Å². The van der Waals surface area contributed by atoms with E-state index in [0.717, 1.165) is 22.5 Å². The van der Waals surface area contributed by atoms with Crippen molar-refractivity contribution in [3.63, 3.8) is 0 Å². The number of nitrogens with one attached hydrogen (secondary N) is 2. The molecule has 0 radical (unpaired) electrons. The van der Waals surface area contributed by atoms with E-state index >= 15 is 0 Å². The summed E-state index contributed by atoms with van der Waals surface area (Å²) < 4.78 is 3.36. The first-order valence-corrected chi connectivity index (χ1v) is 11.5. The molecule has 11 heteroatoms. The van der Waals surface area contributed by atoms with Crippen molar-refractivity contribution in [2.24, 2.45) is 0 Å². The van der Waals surface area contributed by atoms with Gasteiger partial charge in [0.1, 0.15) is 25.3 Å². The van der Waals surface area contributed by atoms with Crippen molar-refractivity contribution in [1.82, 2.24) is 29.5 Å². The van der Waals surface area contributed by atoms with Crippen molar-refractivity contribution in [3.05, 3.63) is 107 Å². The Morgan fingerprint density at radius 3 is 1.57 bits per heavy atom. The maximum atomic E-state index is 12.9. The average Bonchev–Trinajstić information content (AvgIpc) is 3.65. The molecule has 0 spiro atoms.